The third kappa shape index (κ3) is 4.97. The second kappa shape index (κ2) is 5.28. The molecule has 0 bridgehead atoms. The van der Waals surface area contributed by atoms with E-state index in [4.69, 9.17) is 5.73 Å². The lowest BCUT2D eigenvalue weighted by molar-refractivity contribution is 0.111. The second-order valence-corrected chi connectivity index (χ2v) is 7.03. The molecular weight excluding hydrogens is 210 g/mol. The molecule has 0 amide bonds. The first-order valence-corrected chi connectivity index (χ1v) is 6.81. The van der Waals surface area contributed by atoms with Crippen molar-refractivity contribution in [2.45, 2.75) is 65.8 Å². The van der Waals surface area contributed by atoms with E-state index in [0.29, 0.717) is 11.4 Å². The van der Waals surface area contributed by atoms with E-state index in [2.05, 4.69) is 44.9 Å². The van der Waals surface area contributed by atoms with Crippen LogP contribution in [0.5, 0.6) is 0 Å². The summed E-state index contributed by atoms with van der Waals surface area (Å²) < 4.78 is 0. The van der Waals surface area contributed by atoms with Crippen LogP contribution in [-0.4, -0.2) is 18.0 Å². The monoisotopic (exact) mass is 239 g/mol. The standard InChI is InChI=1S/C14H29N3/c1-11(2)9-14(7-6-8-14)10-16-12(15)17-13(3,4)5/h11H,6-10H2,1-5H3,(H3,15,16,17). The van der Waals surface area contributed by atoms with Gasteiger partial charge < -0.3 is 11.1 Å². The Bertz CT molecular complexity index is 270. The van der Waals surface area contributed by atoms with Gasteiger partial charge in [0.2, 0.25) is 0 Å². The molecule has 0 radical (unpaired) electrons. The highest BCUT2D eigenvalue weighted by molar-refractivity contribution is 5.78. The fourth-order valence-corrected chi connectivity index (χ4v) is 2.65. The Labute approximate surface area is 106 Å². The lowest BCUT2D eigenvalue weighted by atomic mass is 9.64. The van der Waals surface area contributed by atoms with Gasteiger partial charge >= 0.3 is 0 Å². The number of hydrogen-bond acceptors (Lipinski definition) is 1. The number of nitrogens with zero attached hydrogens (tertiary/aromatic N) is 1. The van der Waals surface area contributed by atoms with Crippen molar-refractivity contribution in [2.75, 3.05) is 6.54 Å². The first-order chi connectivity index (χ1) is 7.72. The summed E-state index contributed by atoms with van der Waals surface area (Å²) in [4.78, 5) is 4.54. The van der Waals surface area contributed by atoms with Gasteiger partial charge in [-0.1, -0.05) is 20.3 Å². The van der Waals surface area contributed by atoms with Gasteiger partial charge in [0.1, 0.15) is 0 Å². The van der Waals surface area contributed by atoms with Crippen molar-refractivity contribution in [3.8, 4) is 0 Å². The Morgan fingerprint density at radius 1 is 1.35 bits per heavy atom. The topological polar surface area (TPSA) is 50.4 Å². The quantitative estimate of drug-likeness (QED) is 0.585. The number of nitrogens with one attached hydrogen (secondary N) is 1. The fourth-order valence-electron chi connectivity index (χ4n) is 2.65. The Balaban J connectivity index is 2.49. The van der Waals surface area contributed by atoms with Crippen LogP contribution in [0.1, 0.15) is 60.3 Å². The van der Waals surface area contributed by atoms with E-state index in [1.165, 1.54) is 25.7 Å². The summed E-state index contributed by atoms with van der Waals surface area (Å²) in [5, 5.41) is 3.22. The van der Waals surface area contributed by atoms with E-state index in [1.807, 2.05) is 0 Å². The van der Waals surface area contributed by atoms with E-state index in [-0.39, 0.29) is 5.54 Å². The van der Waals surface area contributed by atoms with Crippen molar-refractivity contribution in [3.05, 3.63) is 0 Å². The smallest absolute Gasteiger partial charge is 0.189 e. The third-order valence-corrected chi connectivity index (χ3v) is 3.34. The lowest BCUT2D eigenvalue weighted by Crippen LogP contribution is -2.46. The number of nitrogens with two attached hydrogens (primary N) is 1. The Hall–Kier alpha value is -0.730. The predicted octanol–water partition coefficient (Wildman–Crippen LogP) is 2.91. The molecule has 1 fully saturated rings. The summed E-state index contributed by atoms with van der Waals surface area (Å²) in [5.41, 5.74) is 6.36. The van der Waals surface area contributed by atoms with Crippen LogP contribution < -0.4 is 11.1 Å². The van der Waals surface area contributed by atoms with E-state index in [1.54, 1.807) is 0 Å². The predicted molar refractivity (Wildman–Crippen MR) is 75.1 cm³/mol. The molecule has 0 aromatic heterocycles. The van der Waals surface area contributed by atoms with Gasteiger partial charge in [-0.05, 0) is 51.4 Å². The molecular formula is C14H29N3. The molecule has 0 atom stereocenters. The zero-order chi connectivity index (χ0) is 13.1. The van der Waals surface area contributed by atoms with Crippen molar-refractivity contribution >= 4 is 5.96 Å². The summed E-state index contributed by atoms with van der Waals surface area (Å²) in [6.45, 7) is 11.8. The van der Waals surface area contributed by atoms with Gasteiger partial charge in [0.15, 0.2) is 5.96 Å². The Morgan fingerprint density at radius 2 is 1.94 bits per heavy atom. The van der Waals surface area contributed by atoms with Gasteiger partial charge in [0.25, 0.3) is 0 Å². The van der Waals surface area contributed by atoms with Gasteiger partial charge in [-0.3, -0.25) is 4.99 Å². The minimum absolute atomic E-state index is 0.00158. The molecule has 0 heterocycles. The van der Waals surface area contributed by atoms with Crippen LogP contribution >= 0.6 is 0 Å². The summed E-state index contributed by atoms with van der Waals surface area (Å²) in [7, 11) is 0. The van der Waals surface area contributed by atoms with Crippen molar-refractivity contribution in [1.29, 1.82) is 0 Å². The molecule has 3 nitrogen and oxygen atoms in total. The third-order valence-electron chi connectivity index (χ3n) is 3.34. The van der Waals surface area contributed by atoms with Crippen LogP contribution in [0.15, 0.2) is 4.99 Å². The molecule has 0 unspecified atom stereocenters. The number of guanidine groups is 1. The maximum atomic E-state index is 5.92. The molecule has 17 heavy (non-hydrogen) atoms. The largest absolute Gasteiger partial charge is 0.370 e. The minimum Gasteiger partial charge on any atom is -0.370 e. The molecule has 1 aliphatic carbocycles. The Kier molecular flexibility index (Phi) is 4.45. The van der Waals surface area contributed by atoms with Gasteiger partial charge in [0, 0.05) is 12.1 Å². The molecule has 0 aliphatic heterocycles. The maximum absolute atomic E-state index is 5.92. The highest BCUT2D eigenvalue weighted by Crippen LogP contribution is 2.46. The zero-order valence-corrected chi connectivity index (χ0v) is 12.1. The molecule has 1 rings (SSSR count). The van der Waals surface area contributed by atoms with Crippen molar-refractivity contribution in [2.24, 2.45) is 22.1 Å². The average Bonchev–Trinajstić information content (AvgIpc) is 2.05. The number of rotatable bonds is 4. The van der Waals surface area contributed by atoms with E-state index in [0.717, 1.165) is 12.5 Å². The first kappa shape index (κ1) is 14.3. The molecule has 0 aromatic rings. The molecule has 1 saturated carbocycles. The van der Waals surface area contributed by atoms with E-state index >= 15 is 0 Å². The second-order valence-electron chi connectivity index (χ2n) is 7.03. The molecule has 100 valence electrons. The lowest BCUT2D eigenvalue weighted by Gasteiger charge is -2.42. The summed E-state index contributed by atoms with van der Waals surface area (Å²) >= 11 is 0. The van der Waals surface area contributed by atoms with Crippen LogP contribution in [0.3, 0.4) is 0 Å². The first-order valence-electron chi connectivity index (χ1n) is 6.81. The molecule has 0 saturated heterocycles. The number of aliphatic imine (C=N–C) groups is 1. The van der Waals surface area contributed by atoms with Crippen LogP contribution in [0.25, 0.3) is 0 Å². The zero-order valence-electron chi connectivity index (χ0n) is 12.1. The molecule has 0 aromatic carbocycles. The summed E-state index contributed by atoms with van der Waals surface area (Å²) in [6.07, 6.45) is 5.27. The van der Waals surface area contributed by atoms with Gasteiger partial charge in [0.05, 0.1) is 0 Å². The van der Waals surface area contributed by atoms with Crippen LogP contribution in [0.2, 0.25) is 0 Å². The van der Waals surface area contributed by atoms with E-state index in [9.17, 15) is 0 Å². The van der Waals surface area contributed by atoms with E-state index < -0.39 is 0 Å². The highest BCUT2D eigenvalue weighted by Gasteiger charge is 2.37. The fraction of sp³-hybridized carbons (Fsp3) is 0.929. The molecule has 3 heteroatoms. The summed E-state index contributed by atoms with van der Waals surface area (Å²) in [5.74, 6) is 1.34. The van der Waals surface area contributed by atoms with Crippen molar-refractivity contribution in [1.82, 2.24) is 5.32 Å². The Morgan fingerprint density at radius 3 is 2.29 bits per heavy atom. The van der Waals surface area contributed by atoms with Gasteiger partial charge in [-0.2, -0.15) is 0 Å². The number of hydrogen-bond donors (Lipinski definition) is 2. The van der Waals surface area contributed by atoms with Gasteiger partial charge in [-0.25, -0.2) is 0 Å². The normalized spacial score (nSPS) is 20.2. The van der Waals surface area contributed by atoms with Gasteiger partial charge in [-0.15, -0.1) is 0 Å². The van der Waals surface area contributed by atoms with Crippen molar-refractivity contribution in [3.63, 3.8) is 0 Å². The molecule has 0 spiro atoms. The minimum atomic E-state index is -0.00158. The molecule has 3 N–H and O–H groups in total. The average molecular weight is 239 g/mol. The highest BCUT2D eigenvalue weighted by atomic mass is 15.1. The van der Waals surface area contributed by atoms with Crippen LogP contribution in [0.4, 0.5) is 0 Å². The van der Waals surface area contributed by atoms with Crippen LogP contribution in [-0.2, 0) is 0 Å². The SMILES string of the molecule is CC(C)CC1(CN=C(N)NC(C)(C)C)CCC1. The maximum Gasteiger partial charge on any atom is 0.189 e. The van der Waals surface area contributed by atoms with Crippen LogP contribution in [0, 0.1) is 11.3 Å². The molecule has 1 aliphatic rings. The summed E-state index contributed by atoms with van der Waals surface area (Å²) in [6, 6.07) is 0. The van der Waals surface area contributed by atoms with Crippen molar-refractivity contribution < 1.29 is 0 Å².